The Morgan fingerprint density at radius 2 is 1.75 bits per heavy atom. The van der Waals surface area contributed by atoms with Crippen LogP contribution in [0.2, 0.25) is 0 Å². The van der Waals surface area contributed by atoms with Gasteiger partial charge < -0.3 is 20.4 Å². The van der Waals surface area contributed by atoms with Gasteiger partial charge in [-0.3, -0.25) is 0 Å². The third-order valence-electron chi connectivity index (χ3n) is 2.53. The van der Waals surface area contributed by atoms with E-state index >= 15 is 0 Å². The van der Waals surface area contributed by atoms with Gasteiger partial charge in [0, 0.05) is 26.2 Å². The Labute approximate surface area is 93.5 Å². The number of hydrogen-bond donors (Lipinski definition) is 3. The van der Waals surface area contributed by atoms with Crippen LogP contribution in [0.5, 0.6) is 0 Å². The fourth-order valence-corrected chi connectivity index (χ4v) is 1.76. The van der Waals surface area contributed by atoms with Gasteiger partial charge in [0.05, 0.1) is 5.57 Å². The smallest absolute Gasteiger partial charge is 0.352 e. The van der Waals surface area contributed by atoms with Gasteiger partial charge in [0.25, 0.3) is 0 Å². The molecule has 0 aromatic heterocycles. The number of piperazine rings is 1. The molecule has 0 bridgehead atoms. The van der Waals surface area contributed by atoms with E-state index < -0.39 is 11.9 Å². The van der Waals surface area contributed by atoms with E-state index in [2.05, 4.69) is 5.32 Å². The molecule has 1 heterocycles. The zero-order valence-electron chi connectivity index (χ0n) is 9.19. The molecular formula is C10H16N2O4. The molecule has 1 saturated heterocycles. The van der Waals surface area contributed by atoms with Crippen molar-refractivity contribution < 1.29 is 19.8 Å². The van der Waals surface area contributed by atoms with Crippen molar-refractivity contribution in [1.82, 2.24) is 10.2 Å². The normalized spacial score (nSPS) is 17.9. The van der Waals surface area contributed by atoms with Crippen LogP contribution in [0, 0.1) is 0 Å². The molecule has 1 rings (SSSR count). The highest BCUT2D eigenvalue weighted by Crippen LogP contribution is 2.15. The van der Waals surface area contributed by atoms with E-state index in [-0.39, 0.29) is 17.7 Å². The number of rotatable bonds is 4. The number of carboxylic acid groups (broad SMARTS) is 2. The summed E-state index contributed by atoms with van der Waals surface area (Å²) >= 11 is 0. The molecule has 1 aliphatic rings. The lowest BCUT2D eigenvalue weighted by Crippen LogP contribution is -2.45. The average molecular weight is 228 g/mol. The molecule has 0 amide bonds. The minimum atomic E-state index is -1.17. The first-order valence-corrected chi connectivity index (χ1v) is 5.23. The molecule has 3 N–H and O–H groups in total. The van der Waals surface area contributed by atoms with Crippen LogP contribution in [0.3, 0.4) is 0 Å². The first-order chi connectivity index (χ1) is 7.57. The maximum absolute atomic E-state index is 11.1. The maximum atomic E-state index is 11.1. The van der Waals surface area contributed by atoms with E-state index in [0.717, 1.165) is 0 Å². The van der Waals surface area contributed by atoms with Gasteiger partial charge in [-0.15, -0.1) is 0 Å². The molecule has 0 saturated carbocycles. The van der Waals surface area contributed by atoms with Gasteiger partial charge in [-0.05, 0) is 6.42 Å². The molecule has 0 unspecified atom stereocenters. The van der Waals surface area contributed by atoms with Crippen molar-refractivity contribution in [3.63, 3.8) is 0 Å². The zero-order valence-corrected chi connectivity index (χ0v) is 9.19. The van der Waals surface area contributed by atoms with Crippen LogP contribution in [0.25, 0.3) is 0 Å². The molecule has 6 heteroatoms. The van der Waals surface area contributed by atoms with Crippen LogP contribution in [0.15, 0.2) is 11.3 Å². The summed E-state index contributed by atoms with van der Waals surface area (Å²) < 4.78 is 0. The highest BCUT2D eigenvalue weighted by Gasteiger charge is 2.25. The quantitative estimate of drug-likeness (QED) is 0.574. The number of hydrogen-bond acceptors (Lipinski definition) is 4. The second-order valence-electron chi connectivity index (χ2n) is 3.53. The fraction of sp³-hybridized carbons (Fsp3) is 0.600. The third kappa shape index (κ3) is 2.73. The van der Waals surface area contributed by atoms with Crippen molar-refractivity contribution in [3.05, 3.63) is 11.3 Å². The molecule has 0 atom stereocenters. The van der Waals surface area contributed by atoms with Gasteiger partial charge >= 0.3 is 11.9 Å². The van der Waals surface area contributed by atoms with Crippen molar-refractivity contribution in [2.75, 3.05) is 26.2 Å². The third-order valence-corrected chi connectivity index (χ3v) is 2.53. The monoisotopic (exact) mass is 228 g/mol. The predicted molar refractivity (Wildman–Crippen MR) is 57.0 cm³/mol. The minimum Gasteiger partial charge on any atom is -0.478 e. The van der Waals surface area contributed by atoms with Crippen molar-refractivity contribution in [1.29, 1.82) is 0 Å². The summed E-state index contributed by atoms with van der Waals surface area (Å²) in [4.78, 5) is 23.7. The summed E-state index contributed by atoms with van der Waals surface area (Å²) in [6, 6.07) is 0. The van der Waals surface area contributed by atoms with Crippen LogP contribution in [0.1, 0.15) is 13.3 Å². The highest BCUT2D eigenvalue weighted by molar-refractivity contribution is 5.98. The molecule has 6 nitrogen and oxygen atoms in total. The van der Waals surface area contributed by atoms with Gasteiger partial charge in [-0.2, -0.15) is 0 Å². The van der Waals surface area contributed by atoms with Gasteiger partial charge in [0.1, 0.15) is 5.70 Å². The molecule has 0 aromatic carbocycles. The Morgan fingerprint density at radius 3 is 2.12 bits per heavy atom. The summed E-state index contributed by atoms with van der Waals surface area (Å²) in [5.41, 5.74) is -0.106. The number of carbonyl (C=O) groups is 2. The summed E-state index contributed by atoms with van der Waals surface area (Å²) in [5, 5.41) is 21.1. The molecular weight excluding hydrogens is 212 g/mol. The van der Waals surface area contributed by atoms with Crippen LogP contribution in [-0.2, 0) is 9.59 Å². The molecule has 1 aliphatic heterocycles. The van der Waals surface area contributed by atoms with E-state index in [1.807, 2.05) is 0 Å². The number of nitrogens with one attached hydrogen (secondary N) is 1. The zero-order chi connectivity index (χ0) is 12.1. The van der Waals surface area contributed by atoms with Gasteiger partial charge in [-0.25, -0.2) is 9.59 Å². The Hall–Kier alpha value is -1.56. The van der Waals surface area contributed by atoms with Crippen LogP contribution in [0.4, 0.5) is 0 Å². The topological polar surface area (TPSA) is 89.9 Å². The molecule has 0 radical (unpaired) electrons. The Bertz CT molecular complexity index is 319. The highest BCUT2D eigenvalue weighted by atomic mass is 16.4. The van der Waals surface area contributed by atoms with E-state index in [0.29, 0.717) is 26.2 Å². The molecule has 0 aromatic rings. The van der Waals surface area contributed by atoms with E-state index in [4.69, 9.17) is 10.2 Å². The van der Waals surface area contributed by atoms with Gasteiger partial charge in [-0.1, -0.05) is 6.92 Å². The summed E-state index contributed by atoms with van der Waals surface area (Å²) in [6.45, 7) is 4.05. The van der Waals surface area contributed by atoms with E-state index in [9.17, 15) is 9.59 Å². The molecule has 90 valence electrons. The maximum Gasteiger partial charge on any atom is 0.352 e. The van der Waals surface area contributed by atoms with Crippen LogP contribution in [-0.4, -0.2) is 53.2 Å². The average Bonchev–Trinajstić information content (AvgIpc) is 2.25. The van der Waals surface area contributed by atoms with E-state index in [1.165, 1.54) is 0 Å². The molecule has 16 heavy (non-hydrogen) atoms. The first-order valence-electron chi connectivity index (χ1n) is 5.23. The van der Waals surface area contributed by atoms with Gasteiger partial charge in [0.2, 0.25) is 0 Å². The fourth-order valence-electron chi connectivity index (χ4n) is 1.76. The Morgan fingerprint density at radius 1 is 1.19 bits per heavy atom. The van der Waals surface area contributed by atoms with Crippen LogP contribution >= 0.6 is 0 Å². The van der Waals surface area contributed by atoms with Crippen molar-refractivity contribution in [2.24, 2.45) is 0 Å². The number of nitrogens with zero attached hydrogens (tertiary/aromatic N) is 1. The number of carboxylic acids is 2. The second kappa shape index (κ2) is 5.50. The predicted octanol–water partition coefficient (Wildman–Crippen LogP) is -0.275. The largest absolute Gasteiger partial charge is 0.478 e. The molecule has 1 fully saturated rings. The Balaban J connectivity index is 3.04. The lowest BCUT2D eigenvalue weighted by molar-refractivity contribution is -0.137. The molecule has 0 spiro atoms. The Kier molecular flexibility index (Phi) is 4.30. The minimum absolute atomic E-state index is 0.0330. The van der Waals surface area contributed by atoms with Crippen molar-refractivity contribution in [3.8, 4) is 0 Å². The standard InChI is InChI=1S/C10H16N2O4/c1-2-7(9(13)14)8(10(15)16)12-5-3-11-4-6-12/h11H,2-6H2,1H3,(H,13,14)(H,15,16)/b8-7+. The summed E-state index contributed by atoms with van der Waals surface area (Å²) in [7, 11) is 0. The second-order valence-corrected chi connectivity index (χ2v) is 3.53. The lowest BCUT2D eigenvalue weighted by Gasteiger charge is -2.30. The summed E-state index contributed by atoms with van der Waals surface area (Å²) in [5.74, 6) is -2.32. The molecule has 0 aliphatic carbocycles. The van der Waals surface area contributed by atoms with Crippen molar-refractivity contribution >= 4 is 11.9 Å². The SMILES string of the molecule is CC/C(C(=O)O)=C(/C(=O)O)N1CCNCC1. The summed E-state index contributed by atoms with van der Waals surface area (Å²) in [6.07, 6.45) is 0.209. The van der Waals surface area contributed by atoms with E-state index in [1.54, 1.807) is 11.8 Å². The lowest BCUT2D eigenvalue weighted by atomic mass is 10.1. The van der Waals surface area contributed by atoms with Crippen LogP contribution < -0.4 is 5.32 Å². The number of aliphatic carboxylic acids is 2. The van der Waals surface area contributed by atoms with Crippen molar-refractivity contribution in [2.45, 2.75) is 13.3 Å². The first kappa shape index (κ1) is 12.5. The van der Waals surface area contributed by atoms with Gasteiger partial charge in [0.15, 0.2) is 0 Å².